The first-order valence-corrected chi connectivity index (χ1v) is 9.01. The van der Waals surface area contributed by atoms with Crippen LogP contribution in [0.2, 0.25) is 0 Å². The number of nitro benzene ring substituents is 1. The number of nitro groups is 1. The summed E-state index contributed by atoms with van der Waals surface area (Å²) >= 11 is 0. The summed E-state index contributed by atoms with van der Waals surface area (Å²) in [5, 5.41) is 13.9. The Labute approximate surface area is 166 Å². The zero-order chi connectivity index (χ0) is 20.4. The lowest BCUT2D eigenvalue weighted by atomic mass is 9.82. The Morgan fingerprint density at radius 1 is 0.862 bits per heavy atom. The van der Waals surface area contributed by atoms with Crippen molar-refractivity contribution in [1.29, 1.82) is 0 Å². The van der Waals surface area contributed by atoms with Gasteiger partial charge in [-0.05, 0) is 16.7 Å². The molecular formula is C22H17N3O4. The second-order valence-corrected chi connectivity index (χ2v) is 6.73. The fourth-order valence-corrected chi connectivity index (χ4v) is 3.60. The molecule has 0 aromatic heterocycles. The summed E-state index contributed by atoms with van der Waals surface area (Å²) in [5.74, 6) is -0.425. The van der Waals surface area contributed by atoms with E-state index in [1.807, 2.05) is 36.4 Å². The topological polar surface area (TPSA) is 92.6 Å². The number of nitrogens with zero attached hydrogens (tertiary/aromatic N) is 2. The summed E-state index contributed by atoms with van der Waals surface area (Å²) in [5.41, 5.74) is 0.351. The molecule has 1 heterocycles. The van der Waals surface area contributed by atoms with Gasteiger partial charge in [0.15, 0.2) is 5.54 Å². The molecule has 3 aromatic carbocycles. The summed E-state index contributed by atoms with van der Waals surface area (Å²) in [7, 11) is 0. The van der Waals surface area contributed by atoms with Gasteiger partial charge in [0.1, 0.15) is 0 Å². The summed E-state index contributed by atoms with van der Waals surface area (Å²) in [6, 6.07) is 23.5. The molecule has 29 heavy (non-hydrogen) atoms. The highest BCUT2D eigenvalue weighted by atomic mass is 16.6. The van der Waals surface area contributed by atoms with Crippen LogP contribution in [0.1, 0.15) is 16.7 Å². The van der Waals surface area contributed by atoms with Crippen molar-refractivity contribution in [2.24, 2.45) is 0 Å². The lowest BCUT2D eigenvalue weighted by Crippen LogP contribution is -2.45. The molecule has 0 saturated carbocycles. The second-order valence-electron chi connectivity index (χ2n) is 6.73. The summed E-state index contributed by atoms with van der Waals surface area (Å²) < 4.78 is 0. The lowest BCUT2D eigenvalue weighted by Gasteiger charge is -2.28. The lowest BCUT2D eigenvalue weighted by molar-refractivity contribution is -0.384. The predicted octanol–water partition coefficient (Wildman–Crippen LogP) is 3.59. The molecule has 0 unspecified atom stereocenters. The fraction of sp³-hybridized carbons (Fsp3) is 0.0909. The summed E-state index contributed by atoms with van der Waals surface area (Å²) in [6.45, 7) is -0.0617. The summed E-state index contributed by atoms with van der Waals surface area (Å²) in [6.07, 6.45) is 0. The number of urea groups is 1. The second kappa shape index (κ2) is 7.20. The normalized spacial score (nSPS) is 15.2. The van der Waals surface area contributed by atoms with Crippen LogP contribution in [-0.2, 0) is 16.9 Å². The Bertz CT molecular complexity index is 1040. The van der Waals surface area contributed by atoms with Crippen molar-refractivity contribution in [3.05, 3.63) is 112 Å². The predicted molar refractivity (Wildman–Crippen MR) is 106 cm³/mol. The fourth-order valence-electron chi connectivity index (χ4n) is 3.60. The zero-order valence-electron chi connectivity index (χ0n) is 15.3. The van der Waals surface area contributed by atoms with Crippen LogP contribution in [0.3, 0.4) is 0 Å². The van der Waals surface area contributed by atoms with E-state index >= 15 is 0 Å². The van der Waals surface area contributed by atoms with Crippen LogP contribution in [0.5, 0.6) is 0 Å². The minimum Gasteiger partial charge on any atom is -0.315 e. The van der Waals surface area contributed by atoms with Gasteiger partial charge in [-0.2, -0.15) is 0 Å². The maximum absolute atomic E-state index is 13.6. The number of amides is 3. The maximum Gasteiger partial charge on any atom is 0.325 e. The number of carbonyl (C=O) groups is 2. The molecule has 1 fully saturated rings. The number of nitrogens with one attached hydrogen (secondary N) is 1. The Morgan fingerprint density at radius 2 is 1.45 bits per heavy atom. The van der Waals surface area contributed by atoms with E-state index in [1.165, 1.54) is 18.2 Å². The highest BCUT2D eigenvalue weighted by Crippen LogP contribution is 2.36. The molecule has 7 heteroatoms. The highest BCUT2D eigenvalue weighted by Gasteiger charge is 2.53. The van der Waals surface area contributed by atoms with Crippen molar-refractivity contribution in [2.75, 3.05) is 0 Å². The van der Waals surface area contributed by atoms with E-state index in [4.69, 9.17) is 0 Å². The van der Waals surface area contributed by atoms with E-state index in [2.05, 4.69) is 5.32 Å². The van der Waals surface area contributed by atoms with Crippen LogP contribution in [0.15, 0.2) is 84.9 Å². The first kappa shape index (κ1) is 18.4. The molecule has 3 amide bonds. The molecule has 0 atom stereocenters. The summed E-state index contributed by atoms with van der Waals surface area (Å²) in [4.78, 5) is 38.0. The van der Waals surface area contributed by atoms with Gasteiger partial charge in [-0.25, -0.2) is 4.79 Å². The third-order valence-corrected chi connectivity index (χ3v) is 4.98. The van der Waals surface area contributed by atoms with Crippen molar-refractivity contribution < 1.29 is 14.5 Å². The number of imide groups is 1. The van der Waals surface area contributed by atoms with Crippen molar-refractivity contribution >= 4 is 17.6 Å². The number of hydrogen-bond acceptors (Lipinski definition) is 4. The third-order valence-electron chi connectivity index (χ3n) is 4.98. The minimum atomic E-state index is -1.35. The first-order chi connectivity index (χ1) is 14.0. The Hall–Kier alpha value is -4.00. The van der Waals surface area contributed by atoms with Gasteiger partial charge >= 0.3 is 6.03 Å². The van der Waals surface area contributed by atoms with Crippen LogP contribution in [0.25, 0.3) is 0 Å². The van der Waals surface area contributed by atoms with Crippen LogP contribution in [0, 0.1) is 10.1 Å². The number of hydrogen-bond donors (Lipinski definition) is 1. The molecule has 4 rings (SSSR count). The molecule has 1 saturated heterocycles. The average Bonchev–Trinajstić information content (AvgIpc) is 3.01. The van der Waals surface area contributed by atoms with E-state index in [-0.39, 0.29) is 12.2 Å². The molecular weight excluding hydrogens is 370 g/mol. The van der Waals surface area contributed by atoms with E-state index in [0.717, 1.165) is 4.90 Å². The van der Waals surface area contributed by atoms with E-state index in [0.29, 0.717) is 16.7 Å². The van der Waals surface area contributed by atoms with Gasteiger partial charge in [-0.3, -0.25) is 19.8 Å². The highest BCUT2D eigenvalue weighted by molar-refractivity contribution is 6.09. The van der Waals surface area contributed by atoms with Gasteiger partial charge in [0.2, 0.25) is 0 Å². The quantitative estimate of drug-likeness (QED) is 0.411. The first-order valence-electron chi connectivity index (χ1n) is 9.01. The van der Waals surface area contributed by atoms with Crippen molar-refractivity contribution in [3.63, 3.8) is 0 Å². The molecule has 0 radical (unpaired) electrons. The van der Waals surface area contributed by atoms with Crippen LogP contribution < -0.4 is 5.32 Å². The van der Waals surface area contributed by atoms with Crippen LogP contribution in [-0.4, -0.2) is 21.8 Å². The molecule has 144 valence electrons. The van der Waals surface area contributed by atoms with Crippen molar-refractivity contribution in [1.82, 2.24) is 10.2 Å². The molecule has 1 aliphatic rings. The van der Waals surface area contributed by atoms with Gasteiger partial charge in [0.05, 0.1) is 11.5 Å². The molecule has 7 nitrogen and oxygen atoms in total. The maximum atomic E-state index is 13.6. The SMILES string of the molecule is O=C1NC(c2ccccc2)(c2ccccc2)C(=O)N1Cc1cccc([N+](=O)[O-])c1. The van der Waals surface area contributed by atoms with Gasteiger partial charge in [0.25, 0.3) is 11.6 Å². The molecule has 3 aromatic rings. The van der Waals surface area contributed by atoms with Crippen molar-refractivity contribution in [2.45, 2.75) is 12.1 Å². The Balaban J connectivity index is 1.76. The van der Waals surface area contributed by atoms with Gasteiger partial charge in [0, 0.05) is 12.1 Å². The number of carbonyl (C=O) groups excluding carboxylic acids is 2. The zero-order valence-corrected chi connectivity index (χ0v) is 15.3. The van der Waals surface area contributed by atoms with Gasteiger partial charge in [-0.15, -0.1) is 0 Å². The van der Waals surface area contributed by atoms with Gasteiger partial charge < -0.3 is 5.32 Å². The number of non-ortho nitro benzene ring substituents is 1. The van der Waals surface area contributed by atoms with E-state index in [1.54, 1.807) is 30.3 Å². The Morgan fingerprint density at radius 3 is 2.00 bits per heavy atom. The molecule has 0 bridgehead atoms. The number of rotatable bonds is 5. The smallest absolute Gasteiger partial charge is 0.315 e. The third kappa shape index (κ3) is 3.12. The average molecular weight is 387 g/mol. The molecule has 0 spiro atoms. The number of benzene rings is 3. The van der Waals surface area contributed by atoms with Crippen LogP contribution in [0.4, 0.5) is 10.5 Å². The minimum absolute atomic E-state index is 0.0617. The van der Waals surface area contributed by atoms with E-state index in [9.17, 15) is 19.7 Å². The molecule has 0 aliphatic carbocycles. The largest absolute Gasteiger partial charge is 0.325 e. The molecule has 1 N–H and O–H groups in total. The monoisotopic (exact) mass is 387 g/mol. The van der Waals surface area contributed by atoms with Gasteiger partial charge in [-0.1, -0.05) is 72.8 Å². The van der Waals surface area contributed by atoms with Crippen LogP contribution >= 0.6 is 0 Å². The standard InChI is InChI=1S/C22H17N3O4/c26-20-22(17-9-3-1-4-10-17,18-11-5-2-6-12-18)23-21(27)24(20)15-16-8-7-13-19(14-16)25(28)29/h1-14H,15H2,(H,23,27). The van der Waals surface area contributed by atoms with E-state index < -0.39 is 22.4 Å². The Kier molecular flexibility index (Phi) is 4.56. The van der Waals surface area contributed by atoms with Crippen molar-refractivity contribution in [3.8, 4) is 0 Å². The molecule has 1 aliphatic heterocycles.